The van der Waals surface area contributed by atoms with Gasteiger partial charge in [-0.05, 0) is 48.6 Å². The van der Waals surface area contributed by atoms with Crippen molar-refractivity contribution in [3.05, 3.63) is 59.7 Å². The maximum absolute atomic E-state index is 12.7. The first kappa shape index (κ1) is 26.0. The molecular formula is C26H26N2O8. The van der Waals surface area contributed by atoms with Gasteiger partial charge in [0.2, 0.25) is 11.5 Å². The van der Waals surface area contributed by atoms with Gasteiger partial charge in [0.05, 0.1) is 54.1 Å². The van der Waals surface area contributed by atoms with Crippen LogP contribution in [0.3, 0.4) is 0 Å². The van der Waals surface area contributed by atoms with E-state index >= 15 is 0 Å². The third-order valence-corrected chi connectivity index (χ3v) is 5.13. The third-order valence-electron chi connectivity index (χ3n) is 5.13. The summed E-state index contributed by atoms with van der Waals surface area (Å²) in [5.41, 5.74) is 1.28. The summed E-state index contributed by atoms with van der Waals surface area (Å²) in [5, 5.41) is 0. The van der Waals surface area contributed by atoms with E-state index in [9.17, 15) is 9.59 Å². The molecule has 0 atom stereocenters. The van der Waals surface area contributed by atoms with Gasteiger partial charge in [-0.1, -0.05) is 0 Å². The van der Waals surface area contributed by atoms with Gasteiger partial charge in [-0.15, -0.1) is 0 Å². The molecule has 10 heteroatoms. The Morgan fingerprint density at radius 1 is 0.500 bits per heavy atom. The first-order chi connectivity index (χ1) is 17.4. The quantitative estimate of drug-likeness (QED) is 0.510. The van der Waals surface area contributed by atoms with Crippen molar-refractivity contribution in [1.82, 2.24) is 0 Å². The second-order valence-electron chi connectivity index (χ2n) is 7.18. The first-order valence-corrected chi connectivity index (χ1v) is 10.6. The molecule has 0 aliphatic heterocycles. The Labute approximate surface area is 208 Å². The zero-order valence-corrected chi connectivity index (χ0v) is 20.8. The van der Waals surface area contributed by atoms with Crippen LogP contribution in [-0.4, -0.2) is 65.9 Å². The summed E-state index contributed by atoms with van der Waals surface area (Å²) in [7, 11) is 8.81. The molecule has 36 heavy (non-hydrogen) atoms. The number of methoxy groups -OCH3 is 6. The van der Waals surface area contributed by atoms with Gasteiger partial charge in [-0.25, -0.2) is 9.98 Å². The lowest BCUT2D eigenvalue weighted by molar-refractivity contribution is 0.0994. The molecule has 0 unspecified atom stereocenters. The van der Waals surface area contributed by atoms with Gasteiger partial charge in [0, 0.05) is 11.1 Å². The number of ether oxygens (including phenoxy) is 6. The Bertz CT molecular complexity index is 1130. The van der Waals surface area contributed by atoms with E-state index in [0.717, 1.165) is 0 Å². The fourth-order valence-electron chi connectivity index (χ4n) is 3.37. The van der Waals surface area contributed by atoms with Crippen molar-refractivity contribution in [2.24, 2.45) is 9.98 Å². The molecule has 2 aromatic carbocycles. The number of benzene rings is 2. The number of nitrogens with zero attached hydrogens (tertiary/aromatic N) is 2. The summed E-state index contributed by atoms with van der Waals surface area (Å²) in [5.74, 6) is 1.10. The van der Waals surface area contributed by atoms with Crippen molar-refractivity contribution in [3.8, 4) is 34.5 Å². The van der Waals surface area contributed by atoms with Crippen molar-refractivity contribution >= 4 is 23.2 Å². The second-order valence-corrected chi connectivity index (χ2v) is 7.18. The molecule has 2 aromatic rings. The van der Waals surface area contributed by atoms with Gasteiger partial charge >= 0.3 is 0 Å². The number of hydrogen-bond donors (Lipinski definition) is 0. The van der Waals surface area contributed by atoms with Crippen LogP contribution in [0.25, 0.3) is 0 Å². The number of hydrogen-bond acceptors (Lipinski definition) is 8. The van der Waals surface area contributed by atoms with Gasteiger partial charge in [0.15, 0.2) is 23.0 Å². The number of rotatable bonds is 8. The van der Waals surface area contributed by atoms with E-state index in [-0.39, 0.29) is 11.1 Å². The highest BCUT2D eigenvalue weighted by Gasteiger charge is 2.18. The van der Waals surface area contributed by atoms with Crippen molar-refractivity contribution in [3.63, 3.8) is 0 Å². The number of carbonyl (C=O) groups is 2. The molecule has 0 fully saturated rings. The zero-order chi connectivity index (χ0) is 26.2. The summed E-state index contributed by atoms with van der Waals surface area (Å²) >= 11 is 0. The molecule has 0 radical (unpaired) electrons. The maximum Gasteiger partial charge on any atom is 0.277 e. The monoisotopic (exact) mass is 494 g/mol. The molecule has 1 aliphatic rings. The lowest BCUT2D eigenvalue weighted by Crippen LogP contribution is -2.07. The molecule has 0 saturated carbocycles. The minimum absolute atomic E-state index is 0.260. The lowest BCUT2D eigenvalue weighted by Gasteiger charge is -2.13. The highest BCUT2D eigenvalue weighted by molar-refractivity contribution is 6.23. The molecule has 188 valence electrons. The average Bonchev–Trinajstić information content (AvgIpc) is 2.91. The summed E-state index contributed by atoms with van der Waals surface area (Å²) in [6.07, 6.45) is 6.32. The normalized spacial score (nSPS) is 12.1. The summed E-state index contributed by atoms with van der Waals surface area (Å²) < 4.78 is 31.7. The highest BCUT2D eigenvalue weighted by atomic mass is 16.5. The predicted octanol–water partition coefficient (Wildman–Crippen LogP) is 3.73. The molecule has 0 N–H and O–H groups in total. The molecule has 1 aliphatic carbocycles. The largest absolute Gasteiger partial charge is 0.493 e. The van der Waals surface area contributed by atoms with E-state index in [1.807, 2.05) is 0 Å². The first-order valence-electron chi connectivity index (χ1n) is 10.6. The lowest BCUT2D eigenvalue weighted by atomic mass is 10.1. The minimum atomic E-state index is -0.507. The number of carbonyl (C=O) groups excluding carboxylic acids is 2. The van der Waals surface area contributed by atoms with Crippen LogP contribution in [0.15, 0.2) is 58.6 Å². The van der Waals surface area contributed by atoms with Crippen LogP contribution in [0.2, 0.25) is 0 Å². The van der Waals surface area contributed by atoms with E-state index in [0.29, 0.717) is 45.9 Å². The second kappa shape index (κ2) is 11.7. The van der Waals surface area contributed by atoms with E-state index in [4.69, 9.17) is 28.4 Å². The van der Waals surface area contributed by atoms with Crippen LogP contribution < -0.4 is 28.4 Å². The zero-order valence-electron chi connectivity index (χ0n) is 20.8. The smallest absolute Gasteiger partial charge is 0.277 e. The average molecular weight is 495 g/mol. The van der Waals surface area contributed by atoms with Crippen molar-refractivity contribution in [2.75, 3.05) is 42.7 Å². The van der Waals surface area contributed by atoms with Crippen molar-refractivity contribution < 1.29 is 38.0 Å². The Morgan fingerprint density at radius 2 is 0.778 bits per heavy atom. The standard InChI is InChI=1S/C26H26N2O8/c1-31-19-11-15(12-20(32-2)23(19)35-5)25(29)27-17-7-9-18(10-8-17)28-26(30)16-13-21(33-3)24(36-6)22(14-16)34-4/h7-14H,1-6H3. The molecular weight excluding hydrogens is 468 g/mol. The van der Waals surface area contributed by atoms with Crippen LogP contribution >= 0.6 is 0 Å². The van der Waals surface area contributed by atoms with Crippen LogP contribution in [0.4, 0.5) is 0 Å². The molecule has 3 rings (SSSR count). The summed E-state index contributed by atoms with van der Waals surface area (Å²) in [6, 6.07) is 6.08. The van der Waals surface area contributed by atoms with E-state index in [1.54, 1.807) is 24.3 Å². The fraction of sp³-hybridized carbons (Fsp3) is 0.231. The third kappa shape index (κ3) is 5.54. The Hall–Kier alpha value is -4.60. The van der Waals surface area contributed by atoms with Crippen LogP contribution in [0.5, 0.6) is 34.5 Å². The number of aliphatic imine (C=N–C) groups is 2. The molecule has 0 spiro atoms. The Kier molecular flexibility index (Phi) is 8.45. The molecule has 0 aromatic heterocycles. The number of amides is 2. The minimum Gasteiger partial charge on any atom is -0.493 e. The van der Waals surface area contributed by atoms with Gasteiger partial charge in [0.1, 0.15) is 0 Å². The van der Waals surface area contributed by atoms with Crippen molar-refractivity contribution in [1.29, 1.82) is 0 Å². The van der Waals surface area contributed by atoms with Gasteiger partial charge < -0.3 is 28.4 Å². The van der Waals surface area contributed by atoms with E-state index < -0.39 is 11.8 Å². The molecule has 0 saturated heterocycles. The topological polar surface area (TPSA) is 114 Å². The predicted molar refractivity (Wildman–Crippen MR) is 134 cm³/mol. The van der Waals surface area contributed by atoms with Crippen LogP contribution in [-0.2, 0) is 0 Å². The SMILES string of the molecule is COc1cc(C(=O)N=C2C=CC(=NC(=O)c3cc(OC)c(OC)c(OC)c3)C=C2)cc(OC)c1OC. The summed E-state index contributed by atoms with van der Waals surface area (Å²) in [6.45, 7) is 0. The van der Waals surface area contributed by atoms with Crippen molar-refractivity contribution in [2.45, 2.75) is 0 Å². The van der Waals surface area contributed by atoms with Gasteiger partial charge in [-0.2, -0.15) is 0 Å². The van der Waals surface area contributed by atoms with Crippen LogP contribution in [0.1, 0.15) is 20.7 Å². The maximum atomic E-state index is 12.7. The number of allylic oxidation sites excluding steroid dienone is 4. The Balaban J connectivity index is 1.81. The summed E-state index contributed by atoms with van der Waals surface area (Å²) in [4.78, 5) is 33.7. The highest BCUT2D eigenvalue weighted by Crippen LogP contribution is 2.39. The fourth-order valence-corrected chi connectivity index (χ4v) is 3.37. The molecule has 10 nitrogen and oxygen atoms in total. The van der Waals surface area contributed by atoms with E-state index in [1.165, 1.54) is 66.9 Å². The molecule has 2 amide bonds. The molecule has 0 heterocycles. The Morgan fingerprint density at radius 3 is 1.00 bits per heavy atom. The van der Waals surface area contributed by atoms with Crippen LogP contribution in [0, 0.1) is 0 Å². The van der Waals surface area contributed by atoms with E-state index in [2.05, 4.69) is 9.98 Å². The molecule has 0 bridgehead atoms. The van der Waals surface area contributed by atoms with Gasteiger partial charge in [-0.3, -0.25) is 9.59 Å². The van der Waals surface area contributed by atoms with Gasteiger partial charge in [0.25, 0.3) is 11.8 Å².